The Hall–Kier alpha value is -4.27. The van der Waals surface area contributed by atoms with Crippen molar-refractivity contribution in [3.63, 3.8) is 0 Å². The Morgan fingerprint density at radius 1 is 1.16 bits per heavy atom. The monoisotopic (exact) mass is 509 g/mol. The number of nitrogens with one attached hydrogen (secondary N) is 2. The van der Waals surface area contributed by atoms with Crippen molar-refractivity contribution in [2.24, 2.45) is 4.99 Å². The number of hydrogen-bond acceptors (Lipinski definition) is 7. The molecule has 12 heteroatoms. The maximum absolute atomic E-state index is 13.3. The van der Waals surface area contributed by atoms with Crippen LogP contribution in [0.15, 0.2) is 33.7 Å². The summed E-state index contributed by atoms with van der Waals surface area (Å²) < 4.78 is 10.3. The molecule has 37 heavy (non-hydrogen) atoms. The number of guanidine groups is 1. The summed E-state index contributed by atoms with van der Waals surface area (Å²) in [6.45, 7) is 3.83. The Morgan fingerprint density at radius 2 is 1.92 bits per heavy atom. The van der Waals surface area contributed by atoms with Gasteiger partial charge in [0.05, 0.1) is 13.7 Å². The predicted octanol–water partition coefficient (Wildman–Crippen LogP) is 1.87. The summed E-state index contributed by atoms with van der Waals surface area (Å²) in [6.07, 6.45) is 3.49. The molecular weight excluding hydrogens is 478 g/mol. The van der Waals surface area contributed by atoms with E-state index in [1.165, 1.54) is 7.11 Å². The number of nitrogens with zero attached hydrogens (tertiary/aromatic N) is 5. The summed E-state index contributed by atoms with van der Waals surface area (Å²) in [4.78, 5) is 47.2. The van der Waals surface area contributed by atoms with Gasteiger partial charge in [-0.25, -0.2) is 9.79 Å². The average molecular weight is 510 g/mol. The van der Waals surface area contributed by atoms with E-state index in [4.69, 9.17) is 9.15 Å². The van der Waals surface area contributed by atoms with Crippen LogP contribution in [0.3, 0.4) is 0 Å². The lowest BCUT2D eigenvalue weighted by Gasteiger charge is -2.35. The van der Waals surface area contributed by atoms with Crippen LogP contribution in [0.2, 0.25) is 0 Å². The standard InChI is InChI=1S/C25H31N7O5/c1-17-13-18-14-19(6-7-21(18)37-17)28-24(27-16-26)29-20-5-3-4-8-32(23(20)34)15-22(33)30-9-11-31(12-10-30)25(35)36-2/h6-7,13-14,20H,3-5,8-12,15H2,1-2H3,(H2,27,28,29)/t20-/m0/s1. The molecule has 0 bridgehead atoms. The number of aryl methyl sites for hydroxylation is 1. The van der Waals surface area contributed by atoms with E-state index in [1.807, 2.05) is 31.3 Å². The largest absolute Gasteiger partial charge is 0.461 e. The molecule has 2 N–H and O–H groups in total. The highest BCUT2D eigenvalue weighted by Crippen LogP contribution is 2.23. The first-order valence-electron chi connectivity index (χ1n) is 12.3. The van der Waals surface area contributed by atoms with E-state index in [9.17, 15) is 19.6 Å². The zero-order valence-electron chi connectivity index (χ0n) is 21.0. The van der Waals surface area contributed by atoms with E-state index < -0.39 is 12.1 Å². The summed E-state index contributed by atoms with van der Waals surface area (Å²) in [7, 11) is 1.33. The van der Waals surface area contributed by atoms with Gasteiger partial charge in [-0.2, -0.15) is 5.26 Å². The molecule has 12 nitrogen and oxygen atoms in total. The van der Waals surface area contributed by atoms with Crippen LogP contribution in [-0.2, 0) is 14.3 Å². The topological polar surface area (TPSA) is 144 Å². The number of carbonyl (C=O) groups is 3. The number of hydrogen-bond donors (Lipinski definition) is 2. The van der Waals surface area contributed by atoms with Crippen molar-refractivity contribution in [1.29, 1.82) is 5.26 Å². The van der Waals surface area contributed by atoms with E-state index in [1.54, 1.807) is 20.8 Å². The molecule has 4 rings (SSSR count). The first-order chi connectivity index (χ1) is 17.9. The van der Waals surface area contributed by atoms with E-state index in [0.29, 0.717) is 44.8 Å². The molecule has 2 aromatic rings. The highest BCUT2D eigenvalue weighted by atomic mass is 16.5. The number of methoxy groups -OCH3 is 1. The van der Waals surface area contributed by atoms with Crippen molar-refractivity contribution >= 4 is 40.5 Å². The minimum atomic E-state index is -0.727. The molecule has 1 aromatic heterocycles. The minimum Gasteiger partial charge on any atom is -0.461 e. The molecule has 0 spiro atoms. The number of benzene rings is 1. The highest BCUT2D eigenvalue weighted by molar-refractivity contribution is 5.98. The van der Waals surface area contributed by atoms with Crippen LogP contribution in [0.25, 0.3) is 11.0 Å². The normalized spacial score (nSPS) is 18.8. The third-order valence-corrected chi connectivity index (χ3v) is 6.51. The van der Waals surface area contributed by atoms with Gasteiger partial charge in [0.15, 0.2) is 6.19 Å². The molecule has 2 aliphatic rings. The van der Waals surface area contributed by atoms with Crippen LogP contribution in [0.4, 0.5) is 10.5 Å². The second-order valence-electron chi connectivity index (χ2n) is 9.06. The average Bonchev–Trinajstić information content (AvgIpc) is 3.19. The Morgan fingerprint density at radius 3 is 2.65 bits per heavy atom. The molecule has 1 atom stereocenters. The highest BCUT2D eigenvalue weighted by Gasteiger charge is 2.31. The van der Waals surface area contributed by atoms with Gasteiger partial charge in [0.2, 0.25) is 17.8 Å². The predicted molar refractivity (Wildman–Crippen MR) is 136 cm³/mol. The molecule has 0 saturated carbocycles. The maximum Gasteiger partial charge on any atom is 0.409 e. The number of carbonyl (C=O) groups excluding carboxylic acids is 3. The third kappa shape index (κ3) is 6.30. The SMILES string of the molecule is COC(=O)N1CCN(C(=O)CN2CCCC[C@H](N=C(NC#N)Nc3ccc4oc(C)cc4c3)C2=O)CC1. The first-order valence-corrected chi connectivity index (χ1v) is 12.3. The maximum atomic E-state index is 13.3. The van der Waals surface area contributed by atoms with Crippen molar-refractivity contribution in [2.75, 3.05) is 51.7 Å². The molecule has 3 amide bonds. The molecular formula is C25H31N7O5. The number of piperazine rings is 1. The molecule has 0 radical (unpaired) electrons. The second kappa shape index (κ2) is 11.6. The molecule has 196 valence electrons. The summed E-state index contributed by atoms with van der Waals surface area (Å²) >= 11 is 0. The minimum absolute atomic E-state index is 0.0476. The van der Waals surface area contributed by atoms with Crippen molar-refractivity contribution in [3.8, 4) is 6.19 Å². The van der Waals surface area contributed by atoms with Crippen LogP contribution >= 0.6 is 0 Å². The lowest BCUT2D eigenvalue weighted by atomic mass is 10.1. The van der Waals surface area contributed by atoms with Crippen LogP contribution in [-0.4, -0.2) is 91.0 Å². The fourth-order valence-electron chi connectivity index (χ4n) is 4.59. The van der Waals surface area contributed by atoms with Crippen molar-refractivity contribution < 1.29 is 23.5 Å². The molecule has 2 fully saturated rings. The van der Waals surface area contributed by atoms with E-state index in [-0.39, 0.29) is 24.3 Å². The number of nitriles is 1. The van der Waals surface area contributed by atoms with E-state index in [2.05, 4.69) is 15.6 Å². The van der Waals surface area contributed by atoms with Gasteiger partial charge in [0.25, 0.3) is 0 Å². The Kier molecular flexibility index (Phi) is 8.12. The van der Waals surface area contributed by atoms with Crippen LogP contribution in [0, 0.1) is 18.4 Å². The summed E-state index contributed by atoms with van der Waals surface area (Å²) in [5.41, 5.74) is 1.44. The number of ether oxygens (including phenoxy) is 1. The summed E-state index contributed by atoms with van der Waals surface area (Å²) in [6, 6.07) is 6.69. The molecule has 0 aliphatic carbocycles. The van der Waals surface area contributed by atoms with Crippen LogP contribution < -0.4 is 10.6 Å². The number of anilines is 1. The van der Waals surface area contributed by atoms with E-state index in [0.717, 1.165) is 29.6 Å². The lowest BCUT2D eigenvalue weighted by Crippen LogP contribution is -2.53. The van der Waals surface area contributed by atoms with Gasteiger partial charge in [-0.1, -0.05) is 0 Å². The zero-order valence-corrected chi connectivity index (χ0v) is 21.0. The van der Waals surface area contributed by atoms with Gasteiger partial charge < -0.3 is 29.2 Å². The first kappa shape index (κ1) is 25.8. The number of likely N-dealkylation sites (tertiary alicyclic amines) is 1. The fraction of sp³-hybridized carbons (Fsp3) is 0.480. The van der Waals surface area contributed by atoms with Crippen LogP contribution in [0.5, 0.6) is 0 Å². The van der Waals surface area contributed by atoms with Gasteiger partial charge in [0, 0.05) is 43.8 Å². The van der Waals surface area contributed by atoms with Gasteiger partial charge >= 0.3 is 6.09 Å². The Labute approximate surface area is 214 Å². The van der Waals surface area contributed by atoms with E-state index >= 15 is 0 Å². The van der Waals surface area contributed by atoms with Gasteiger partial charge in [-0.15, -0.1) is 0 Å². The summed E-state index contributed by atoms with van der Waals surface area (Å²) in [5.74, 6) is 0.534. The quantitative estimate of drug-likeness (QED) is 0.275. The number of aliphatic imine (C=N–C) groups is 1. The van der Waals surface area contributed by atoms with Gasteiger partial charge in [-0.3, -0.25) is 14.9 Å². The fourth-order valence-corrected chi connectivity index (χ4v) is 4.59. The number of amides is 3. The Balaban J connectivity index is 1.42. The third-order valence-electron chi connectivity index (χ3n) is 6.51. The number of furan rings is 1. The zero-order chi connectivity index (χ0) is 26.4. The molecule has 0 unspecified atom stereocenters. The lowest BCUT2D eigenvalue weighted by molar-refractivity contribution is -0.141. The summed E-state index contributed by atoms with van der Waals surface area (Å²) in [5, 5.41) is 15.8. The van der Waals surface area contributed by atoms with Crippen LogP contribution in [0.1, 0.15) is 25.0 Å². The van der Waals surface area contributed by atoms with Crippen molar-refractivity contribution in [3.05, 3.63) is 30.0 Å². The smallest absolute Gasteiger partial charge is 0.409 e. The Bertz CT molecular complexity index is 1230. The van der Waals surface area contributed by atoms with Gasteiger partial charge in [0.1, 0.15) is 17.4 Å². The van der Waals surface area contributed by atoms with Crippen molar-refractivity contribution in [1.82, 2.24) is 20.0 Å². The van der Waals surface area contributed by atoms with Crippen molar-refractivity contribution in [2.45, 2.75) is 32.2 Å². The second-order valence-corrected chi connectivity index (χ2v) is 9.06. The molecule has 1 aromatic carbocycles. The molecule has 2 saturated heterocycles. The number of fused-ring (bicyclic) bond motifs is 1. The molecule has 3 heterocycles. The number of rotatable bonds is 4. The van der Waals surface area contributed by atoms with Gasteiger partial charge in [-0.05, 0) is 50.5 Å². The molecule has 2 aliphatic heterocycles.